The number of benzene rings is 2. The molecule has 4 rings (SSSR count). The largest absolute Gasteiger partial charge is 0.454 e. The second-order valence-corrected chi connectivity index (χ2v) is 6.30. The third kappa shape index (κ3) is 3.88. The molecule has 2 heterocycles. The van der Waals surface area contributed by atoms with Gasteiger partial charge >= 0.3 is 0 Å². The van der Waals surface area contributed by atoms with Gasteiger partial charge in [-0.15, -0.1) is 10.2 Å². The summed E-state index contributed by atoms with van der Waals surface area (Å²) < 4.78 is 10.6. The van der Waals surface area contributed by atoms with Crippen LogP contribution in [0.25, 0.3) is 0 Å². The highest BCUT2D eigenvalue weighted by Gasteiger charge is 2.16. The summed E-state index contributed by atoms with van der Waals surface area (Å²) in [6.45, 7) is 3.77. The average Bonchev–Trinajstić information content (AvgIpc) is 3.21. The molecule has 1 N–H and O–H groups in total. The van der Waals surface area contributed by atoms with Gasteiger partial charge in [0.15, 0.2) is 23.0 Å². The molecule has 2 aromatic carbocycles. The van der Waals surface area contributed by atoms with Crippen LogP contribution < -0.4 is 19.7 Å². The Balaban J connectivity index is 1.44. The predicted molar refractivity (Wildman–Crippen MR) is 106 cm³/mol. The van der Waals surface area contributed by atoms with Crippen LogP contribution in [0, 0.1) is 0 Å². The molecule has 1 aromatic heterocycles. The van der Waals surface area contributed by atoms with Gasteiger partial charge in [-0.1, -0.05) is 30.3 Å². The van der Waals surface area contributed by atoms with Gasteiger partial charge in [0.25, 0.3) is 5.91 Å². The Kier molecular flexibility index (Phi) is 5.05. The van der Waals surface area contributed by atoms with Gasteiger partial charge < -0.3 is 19.7 Å². The van der Waals surface area contributed by atoms with E-state index in [9.17, 15) is 4.79 Å². The fourth-order valence-corrected chi connectivity index (χ4v) is 2.94. The fraction of sp³-hybridized carbons (Fsp3) is 0.190. The number of fused-ring (bicyclic) bond motifs is 1. The number of anilines is 2. The van der Waals surface area contributed by atoms with E-state index in [0.29, 0.717) is 17.2 Å². The molecule has 7 nitrogen and oxygen atoms in total. The highest BCUT2D eigenvalue weighted by molar-refractivity contribution is 6.03. The Bertz CT molecular complexity index is 961. The molecule has 0 atom stereocenters. The SMILES string of the molecule is CCN(Cc1ccccc1)c1ccc(C(=O)Nc2ccc3c(c2)OCO3)nn1. The van der Waals surface area contributed by atoms with Crippen molar-refractivity contribution in [2.24, 2.45) is 0 Å². The maximum atomic E-state index is 12.5. The maximum absolute atomic E-state index is 12.5. The normalized spacial score (nSPS) is 11.9. The molecule has 0 saturated carbocycles. The van der Waals surface area contributed by atoms with Crippen LogP contribution in [-0.2, 0) is 6.54 Å². The quantitative estimate of drug-likeness (QED) is 0.710. The molecule has 1 aliphatic rings. The number of carbonyl (C=O) groups excluding carboxylic acids is 1. The van der Waals surface area contributed by atoms with E-state index in [1.54, 1.807) is 24.3 Å². The van der Waals surface area contributed by atoms with E-state index in [-0.39, 0.29) is 18.4 Å². The fourth-order valence-electron chi connectivity index (χ4n) is 2.94. The van der Waals surface area contributed by atoms with Crippen molar-refractivity contribution >= 4 is 17.4 Å². The number of nitrogens with zero attached hydrogens (tertiary/aromatic N) is 3. The molecule has 0 unspecified atom stereocenters. The van der Waals surface area contributed by atoms with Gasteiger partial charge in [-0.25, -0.2) is 0 Å². The van der Waals surface area contributed by atoms with Crippen molar-refractivity contribution in [1.29, 1.82) is 0 Å². The van der Waals surface area contributed by atoms with Crippen LogP contribution in [0.4, 0.5) is 11.5 Å². The number of nitrogens with one attached hydrogen (secondary N) is 1. The van der Waals surface area contributed by atoms with Crippen molar-refractivity contribution in [2.75, 3.05) is 23.6 Å². The molecule has 0 bridgehead atoms. The minimum atomic E-state index is -0.330. The third-order valence-electron chi connectivity index (χ3n) is 4.44. The van der Waals surface area contributed by atoms with Crippen LogP contribution in [0.3, 0.4) is 0 Å². The lowest BCUT2D eigenvalue weighted by atomic mass is 10.2. The third-order valence-corrected chi connectivity index (χ3v) is 4.44. The number of ether oxygens (including phenoxy) is 2. The zero-order valence-electron chi connectivity index (χ0n) is 15.5. The summed E-state index contributed by atoms with van der Waals surface area (Å²) in [6.07, 6.45) is 0. The van der Waals surface area contributed by atoms with Gasteiger partial charge in [0.2, 0.25) is 6.79 Å². The Morgan fingerprint density at radius 3 is 2.61 bits per heavy atom. The molecule has 7 heteroatoms. The summed E-state index contributed by atoms with van der Waals surface area (Å²) in [5, 5.41) is 11.1. The summed E-state index contributed by atoms with van der Waals surface area (Å²) in [7, 11) is 0. The molecule has 0 aliphatic carbocycles. The first-order valence-electron chi connectivity index (χ1n) is 9.06. The maximum Gasteiger partial charge on any atom is 0.276 e. The Morgan fingerprint density at radius 2 is 1.86 bits per heavy atom. The van der Waals surface area contributed by atoms with Gasteiger partial charge in [0, 0.05) is 24.8 Å². The lowest BCUT2D eigenvalue weighted by Gasteiger charge is -2.21. The molecule has 28 heavy (non-hydrogen) atoms. The molecular weight excluding hydrogens is 356 g/mol. The van der Waals surface area contributed by atoms with Crippen LogP contribution >= 0.6 is 0 Å². The Labute approximate surface area is 162 Å². The van der Waals surface area contributed by atoms with Gasteiger partial charge in [0.05, 0.1) is 0 Å². The van der Waals surface area contributed by atoms with E-state index in [4.69, 9.17) is 9.47 Å². The van der Waals surface area contributed by atoms with Crippen LogP contribution in [0.15, 0.2) is 60.7 Å². The summed E-state index contributed by atoms with van der Waals surface area (Å²) in [5.41, 5.74) is 2.05. The number of hydrogen-bond donors (Lipinski definition) is 1. The second kappa shape index (κ2) is 7.96. The predicted octanol–water partition coefficient (Wildman–Crippen LogP) is 3.48. The zero-order chi connectivity index (χ0) is 19.3. The van der Waals surface area contributed by atoms with Crippen LogP contribution in [0.5, 0.6) is 11.5 Å². The molecular formula is C21H20N4O3. The van der Waals surface area contributed by atoms with Crippen molar-refractivity contribution in [3.63, 3.8) is 0 Å². The van der Waals surface area contributed by atoms with E-state index in [2.05, 4.69) is 39.5 Å². The Morgan fingerprint density at radius 1 is 1.04 bits per heavy atom. The molecule has 0 radical (unpaired) electrons. The van der Waals surface area contributed by atoms with E-state index < -0.39 is 0 Å². The molecule has 3 aromatic rings. The summed E-state index contributed by atoms with van der Waals surface area (Å²) in [6, 6.07) is 18.9. The lowest BCUT2D eigenvalue weighted by Crippen LogP contribution is -2.24. The number of aromatic nitrogens is 2. The van der Waals surface area contributed by atoms with Crippen LogP contribution in [0.1, 0.15) is 23.0 Å². The van der Waals surface area contributed by atoms with Crippen molar-refractivity contribution in [3.8, 4) is 11.5 Å². The molecule has 0 spiro atoms. The standard InChI is InChI=1S/C21H20N4O3/c1-2-25(13-15-6-4-3-5-7-15)20-11-9-17(23-24-20)21(26)22-16-8-10-18-19(12-16)28-14-27-18/h3-12H,2,13-14H2,1H3,(H,22,26). The van der Waals surface area contributed by atoms with Crippen LogP contribution in [-0.4, -0.2) is 29.4 Å². The summed E-state index contributed by atoms with van der Waals surface area (Å²) in [5.74, 6) is 1.67. The lowest BCUT2D eigenvalue weighted by molar-refractivity contribution is 0.102. The van der Waals surface area contributed by atoms with Gasteiger partial charge in [0.1, 0.15) is 0 Å². The van der Waals surface area contributed by atoms with Gasteiger partial charge in [-0.2, -0.15) is 0 Å². The summed E-state index contributed by atoms with van der Waals surface area (Å²) >= 11 is 0. The van der Waals surface area contributed by atoms with E-state index in [1.807, 2.05) is 24.3 Å². The van der Waals surface area contributed by atoms with Crippen molar-refractivity contribution in [2.45, 2.75) is 13.5 Å². The van der Waals surface area contributed by atoms with Crippen molar-refractivity contribution < 1.29 is 14.3 Å². The first kappa shape index (κ1) is 17.8. The highest BCUT2D eigenvalue weighted by Crippen LogP contribution is 2.34. The molecule has 1 aliphatic heterocycles. The molecule has 0 saturated heterocycles. The zero-order valence-corrected chi connectivity index (χ0v) is 15.5. The molecule has 0 fully saturated rings. The van der Waals surface area contributed by atoms with Crippen molar-refractivity contribution in [3.05, 3.63) is 71.9 Å². The number of carbonyl (C=O) groups is 1. The second-order valence-electron chi connectivity index (χ2n) is 6.30. The highest BCUT2D eigenvalue weighted by atomic mass is 16.7. The number of rotatable bonds is 6. The van der Waals surface area contributed by atoms with Gasteiger partial charge in [-0.3, -0.25) is 4.79 Å². The number of amides is 1. The average molecular weight is 376 g/mol. The first-order chi connectivity index (χ1) is 13.7. The molecule has 1 amide bonds. The first-order valence-corrected chi connectivity index (χ1v) is 9.06. The monoisotopic (exact) mass is 376 g/mol. The molecule has 142 valence electrons. The minimum absolute atomic E-state index is 0.191. The van der Waals surface area contributed by atoms with E-state index >= 15 is 0 Å². The topological polar surface area (TPSA) is 76.6 Å². The smallest absolute Gasteiger partial charge is 0.276 e. The summed E-state index contributed by atoms with van der Waals surface area (Å²) in [4.78, 5) is 14.6. The van der Waals surface area contributed by atoms with E-state index in [1.165, 1.54) is 5.56 Å². The number of hydrogen-bond acceptors (Lipinski definition) is 6. The van der Waals surface area contributed by atoms with E-state index in [0.717, 1.165) is 18.9 Å². The van der Waals surface area contributed by atoms with Gasteiger partial charge in [-0.05, 0) is 36.8 Å². The van der Waals surface area contributed by atoms with Crippen LogP contribution in [0.2, 0.25) is 0 Å². The minimum Gasteiger partial charge on any atom is -0.454 e. The Hall–Kier alpha value is -3.61. The van der Waals surface area contributed by atoms with Crippen molar-refractivity contribution in [1.82, 2.24) is 10.2 Å².